The van der Waals surface area contributed by atoms with Gasteiger partial charge in [0.25, 0.3) is 0 Å². The first-order chi connectivity index (χ1) is 40.6. The fourth-order valence-electron chi connectivity index (χ4n) is 12.1. The first kappa shape index (κ1) is 61.9. The molecule has 85 heavy (non-hydrogen) atoms. The first-order valence-electron chi connectivity index (χ1n) is 28.4. The molecule has 6 aliphatic heterocycles. The van der Waals surface area contributed by atoms with E-state index in [1.165, 1.54) is 34.8 Å². The van der Waals surface area contributed by atoms with Crippen LogP contribution in [0.4, 0.5) is 18.4 Å². The second kappa shape index (κ2) is 25.9. The Balaban J connectivity index is 0.000000204. The van der Waals surface area contributed by atoms with Gasteiger partial charge in [-0.05, 0) is 82.3 Å². The van der Waals surface area contributed by atoms with E-state index in [1.807, 2.05) is 41.3 Å². The second-order valence-electron chi connectivity index (χ2n) is 22.5. The molecule has 10 rings (SSSR count). The molecule has 4 amide bonds. The Bertz CT molecular complexity index is 3340. The van der Waals surface area contributed by atoms with Crippen LogP contribution in [0.3, 0.4) is 0 Å². The number of hydrogen-bond acceptors (Lipinski definition) is 18. The third kappa shape index (κ3) is 13.0. The molecule has 0 radical (unpaired) electrons. The number of ether oxygens (including phenoxy) is 2. The van der Waals surface area contributed by atoms with Crippen LogP contribution in [0.1, 0.15) is 92.3 Å². The molecular weight excluding hydrogens is 1140 g/mol. The van der Waals surface area contributed by atoms with Gasteiger partial charge in [-0.1, -0.05) is 38.1 Å². The van der Waals surface area contributed by atoms with E-state index < -0.39 is 64.7 Å². The largest absolute Gasteiger partial charge is 0.481 e. The van der Waals surface area contributed by atoms with E-state index in [2.05, 4.69) is 30.4 Å². The number of amides is 4. The number of benzene rings is 2. The molecule has 4 fully saturated rings. The van der Waals surface area contributed by atoms with E-state index >= 15 is 0 Å². The molecule has 22 nitrogen and oxygen atoms in total. The fraction of sp³-hybridized carbons (Fsp3) is 0.492. The molecule has 2 aromatic heterocycles. The van der Waals surface area contributed by atoms with Crippen molar-refractivity contribution in [2.75, 3.05) is 91.8 Å². The van der Waals surface area contributed by atoms with Crippen LogP contribution < -0.4 is 10.6 Å². The summed E-state index contributed by atoms with van der Waals surface area (Å²) in [4.78, 5) is 106. The number of aliphatic carboxylic acids is 2. The van der Waals surface area contributed by atoms with Crippen LogP contribution in [0.15, 0.2) is 92.1 Å². The maximum Gasteiger partial charge on any atom is 0.338 e. The molecule has 454 valence electrons. The summed E-state index contributed by atoms with van der Waals surface area (Å²) >= 11 is 2.80. The summed E-state index contributed by atoms with van der Waals surface area (Å²) in [5, 5.41) is 30.6. The summed E-state index contributed by atoms with van der Waals surface area (Å²) in [6.07, 6.45) is 3.78. The average molecular weight is 1210 g/mol. The Morgan fingerprint density at radius 1 is 0.671 bits per heavy atom. The van der Waals surface area contributed by atoms with E-state index in [-0.39, 0.29) is 44.2 Å². The number of halogens is 2. The number of nitrogens with zero attached hydrogens (tertiary/aromatic N) is 10. The lowest BCUT2D eigenvalue weighted by Gasteiger charge is -2.44. The van der Waals surface area contributed by atoms with E-state index in [0.717, 1.165) is 0 Å². The zero-order chi connectivity index (χ0) is 61.1. The number of esters is 2. The minimum Gasteiger partial charge on any atom is -0.481 e. The van der Waals surface area contributed by atoms with Crippen molar-refractivity contribution < 1.29 is 57.2 Å². The van der Waals surface area contributed by atoms with Crippen molar-refractivity contribution in [2.24, 2.45) is 21.8 Å². The second-order valence-corrected chi connectivity index (χ2v) is 24.3. The Labute approximate surface area is 499 Å². The number of carboxylic acid groups (broad SMARTS) is 2. The molecule has 0 spiro atoms. The van der Waals surface area contributed by atoms with Crippen molar-refractivity contribution in [2.45, 2.75) is 85.0 Å². The van der Waals surface area contributed by atoms with Crippen molar-refractivity contribution in [1.29, 1.82) is 0 Å². The molecule has 0 bridgehead atoms. The van der Waals surface area contributed by atoms with Gasteiger partial charge >= 0.3 is 35.9 Å². The SMILES string of the molecule is CCOC(=O)C1=C(CN2CCN3C(=O)N(CC(C)C(=O)O)CC3(C)C2)NC(c2nccs2)=NC1c1cccc(F)c1C.CCOC(=O)C1=C(CN2CCN3C(=O)N(CC(CC)C(=O)O)CC3(C)C2)NC(c2nccs2)=NC1c1cccc(F)c1C. The van der Waals surface area contributed by atoms with Gasteiger partial charge < -0.3 is 49.9 Å². The highest BCUT2D eigenvalue weighted by Gasteiger charge is 2.52. The van der Waals surface area contributed by atoms with Crippen LogP contribution in [0.25, 0.3) is 0 Å². The predicted molar refractivity (Wildman–Crippen MR) is 314 cm³/mol. The molecule has 26 heteroatoms. The van der Waals surface area contributed by atoms with E-state index in [1.54, 1.807) is 81.1 Å². The molecule has 4 aromatic rings. The van der Waals surface area contributed by atoms with Crippen molar-refractivity contribution in [1.82, 2.24) is 50.0 Å². The Kier molecular flexibility index (Phi) is 18.8. The maximum absolute atomic E-state index is 14.7. The lowest BCUT2D eigenvalue weighted by Crippen LogP contribution is -2.60. The Morgan fingerprint density at radius 3 is 1.48 bits per heavy atom. The third-order valence-corrected chi connectivity index (χ3v) is 18.0. The number of piperazine rings is 2. The Hall–Kier alpha value is -7.68. The van der Waals surface area contributed by atoms with Gasteiger partial charge in [0.1, 0.15) is 23.7 Å². The number of fused-ring (bicyclic) bond motifs is 2. The summed E-state index contributed by atoms with van der Waals surface area (Å²) < 4.78 is 40.4. The predicted octanol–water partition coefficient (Wildman–Crippen LogP) is 6.45. The molecule has 4 saturated heterocycles. The highest BCUT2D eigenvalue weighted by atomic mass is 32.1. The van der Waals surface area contributed by atoms with Gasteiger partial charge in [-0.25, -0.2) is 37.9 Å². The Morgan fingerprint density at radius 2 is 1.11 bits per heavy atom. The van der Waals surface area contributed by atoms with Gasteiger partial charge in [0.05, 0.1) is 47.3 Å². The average Bonchev–Trinajstić information content (AvgIpc) is 3.02. The topological polar surface area (TPSA) is 255 Å². The number of hydrogen-bond donors (Lipinski definition) is 4. The van der Waals surface area contributed by atoms with Crippen LogP contribution in [-0.4, -0.2) is 200 Å². The quantitative estimate of drug-likeness (QED) is 0.0736. The number of amidine groups is 2. The van der Waals surface area contributed by atoms with Gasteiger partial charge in [-0.3, -0.25) is 29.4 Å². The number of aliphatic imine (C=N–C) groups is 2. The number of carbonyl (C=O) groups excluding carboxylic acids is 4. The van der Waals surface area contributed by atoms with Crippen molar-refractivity contribution in [3.05, 3.63) is 126 Å². The minimum absolute atomic E-state index is 0.141. The van der Waals surface area contributed by atoms with E-state index in [0.29, 0.717) is 138 Å². The highest BCUT2D eigenvalue weighted by molar-refractivity contribution is 7.12. The molecule has 2 aromatic carbocycles. The van der Waals surface area contributed by atoms with Gasteiger partial charge in [0, 0.05) is 113 Å². The number of aromatic nitrogens is 2. The first-order valence-corrected chi connectivity index (χ1v) is 30.2. The fourth-order valence-corrected chi connectivity index (χ4v) is 13.3. The number of rotatable bonds is 19. The lowest BCUT2D eigenvalue weighted by atomic mass is 9.91. The lowest BCUT2D eigenvalue weighted by molar-refractivity contribution is -0.142. The molecular formula is C59H72F2N12O10S2. The molecule has 6 unspecified atom stereocenters. The van der Waals surface area contributed by atoms with Crippen LogP contribution >= 0.6 is 22.7 Å². The summed E-state index contributed by atoms with van der Waals surface area (Å²) in [7, 11) is 0. The zero-order valence-electron chi connectivity index (χ0n) is 48.9. The van der Waals surface area contributed by atoms with E-state index in [9.17, 15) is 47.8 Å². The summed E-state index contributed by atoms with van der Waals surface area (Å²) in [6.45, 7) is 19.3. The number of nitrogens with one attached hydrogen (secondary N) is 2. The van der Waals surface area contributed by atoms with Crippen molar-refractivity contribution in [3.8, 4) is 0 Å². The van der Waals surface area contributed by atoms with Crippen LogP contribution in [0, 0.1) is 37.3 Å². The number of carboxylic acids is 2. The van der Waals surface area contributed by atoms with E-state index in [4.69, 9.17) is 19.5 Å². The van der Waals surface area contributed by atoms with Crippen LogP contribution in [-0.2, 0) is 28.7 Å². The van der Waals surface area contributed by atoms with Crippen LogP contribution in [0.5, 0.6) is 0 Å². The van der Waals surface area contributed by atoms with Gasteiger partial charge in [0.2, 0.25) is 0 Å². The third-order valence-electron chi connectivity index (χ3n) is 16.5. The van der Waals surface area contributed by atoms with Crippen LogP contribution in [0.2, 0.25) is 0 Å². The maximum atomic E-state index is 14.7. The van der Waals surface area contributed by atoms with Crippen molar-refractivity contribution in [3.63, 3.8) is 0 Å². The summed E-state index contributed by atoms with van der Waals surface area (Å²) in [5.74, 6) is -4.03. The standard InChI is InChI=1S/C30H37FN6O5S.C29H35FN6O5S/c1-5-19(27(38)39)14-36-17-30(4)16-35(11-12-37(30)29(36)41)15-22-23(28(40)42-6-2)24(20-8-7-9-21(31)18(20)3)34-25(33-22)26-32-10-13-43-26;1-5-41-27(39)22-21(14-34-10-11-36-28(40)35(13-17(2)26(37)38)16-29(36,4)15-34)32-24(25-31-9-12-42-25)33-23(22)19-7-6-8-20(30)18(19)3/h7-10,13,19,24H,5-6,11-12,14-17H2,1-4H3,(H,33,34)(H,38,39);6-9,12,17,23H,5,10-11,13-16H2,1-4H3,(H,32,33)(H,37,38). The zero-order valence-corrected chi connectivity index (χ0v) is 50.5. The van der Waals surface area contributed by atoms with Gasteiger partial charge in [-0.15, -0.1) is 22.7 Å². The molecule has 6 aliphatic rings. The van der Waals surface area contributed by atoms with Gasteiger partial charge in [0.15, 0.2) is 21.7 Å². The van der Waals surface area contributed by atoms with Gasteiger partial charge in [-0.2, -0.15) is 0 Å². The number of urea groups is 2. The molecule has 0 saturated carbocycles. The smallest absolute Gasteiger partial charge is 0.338 e. The number of thiazole rings is 2. The molecule has 8 heterocycles. The van der Waals surface area contributed by atoms with Crippen molar-refractivity contribution >= 4 is 70.3 Å². The summed E-state index contributed by atoms with van der Waals surface area (Å²) in [6, 6.07) is 7.58. The molecule has 4 N–H and O–H groups in total. The number of carbonyl (C=O) groups is 6. The molecule has 6 atom stereocenters. The summed E-state index contributed by atoms with van der Waals surface area (Å²) in [5.41, 5.74) is 2.61. The molecule has 0 aliphatic carbocycles. The highest BCUT2D eigenvalue weighted by Crippen LogP contribution is 2.39. The monoisotopic (exact) mass is 1210 g/mol. The normalized spacial score (nSPS) is 23.3. The minimum atomic E-state index is -0.943.